The van der Waals surface area contributed by atoms with Gasteiger partial charge in [0.15, 0.2) is 0 Å². The number of hydrogen-bond acceptors (Lipinski definition) is 3. The number of nitrogens with one attached hydrogen (secondary N) is 1. The Morgan fingerprint density at radius 3 is 2.45 bits per heavy atom. The van der Waals surface area contributed by atoms with Crippen molar-refractivity contribution in [1.29, 1.82) is 0 Å². The van der Waals surface area contributed by atoms with Crippen LogP contribution in [0.4, 0.5) is 9.18 Å². The number of urea groups is 1. The van der Waals surface area contributed by atoms with Crippen LogP contribution in [0.3, 0.4) is 0 Å². The molecule has 0 radical (unpaired) electrons. The second-order valence-electron chi connectivity index (χ2n) is 7.46. The van der Waals surface area contributed by atoms with Crippen LogP contribution in [0, 0.1) is 11.7 Å². The van der Waals surface area contributed by atoms with Gasteiger partial charge in [-0.2, -0.15) is 0 Å². The number of aliphatic carboxylic acids is 1. The highest BCUT2D eigenvalue weighted by Gasteiger charge is 2.27. The van der Waals surface area contributed by atoms with Crippen molar-refractivity contribution in [2.24, 2.45) is 5.92 Å². The van der Waals surface area contributed by atoms with Crippen molar-refractivity contribution in [1.82, 2.24) is 15.2 Å². The van der Waals surface area contributed by atoms with Gasteiger partial charge in [-0.1, -0.05) is 18.2 Å². The lowest BCUT2D eigenvalue weighted by atomic mass is 9.86. The number of hydrogen-bond donors (Lipinski definition) is 2. The van der Waals surface area contributed by atoms with Crippen LogP contribution < -0.4 is 5.32 Å². The molecular weight excluding hydrogens is 373 g/mol. The van der Waals surface area contributed by atoms with Gasteiger partial charge in [0.1, 0.15) is 5.82 Å². The number of amides is 2. The highest BCUT2D eigenvalue weighted by atomic mass is 19.1. The van der Waals surface area contributed by atoms with Crippen LogP contribution in [0.15, 0.2) is 48.7 Å². The maximum absolute atomic E-state index is 13.2. The molecule has 1 aliphatic rings. The first-order valence-corrected chi connectivity index (χ1v) is 9.94. The lowest BCUT2D eigenvalue weighted by Gasteiger charge is -2.30. The van der Waals surface area contributed by atoms with Gasteiger partial charge < -0.3 is 15.3 Å². The second kappa shape index (κ2) is 10.0. The van der Waals surface area contributed by atoms with Crippen molar-refractivity contribution >= 4 is 12.0 Å². The number of carboxylic acids is 1. The molecule has 2 amide bonds. The Morgan fingerprint density at radius 1 is 1.10 bits per heavy atom. The van der Waals surface area contributed by atoms with Gasteiger partial charge in [0, 0.05) is 37.4 Å². The summed E-state index contributed by atoms with van der Waals surface area (Å²) in [5, 5.41) is 12.2. The minimum Gasteiger partial charge on any atom is -0.481 e. The summed E-state index contributed by atoms with van der Waals surface area (Å²) in [5.41, 5.74) is 1.74. The van der Waals surface area contributed by atoms with E-state index in [1.807, 2.05) is 18.2 Å². The van der Waals surface area contributed by atoms with Crippen LogP contribution in [-0.2, 0) is 17.8 Å². The fraction of sp³-hybridized carbons (Fsp3) is 0.409. The smallest absolute Gasteiger partial charge is 0.317 e. The van der Waals surface area contributed by atoms with Crippen LogP contribution in [0.2, 0.25) is 0 Å². The third-order valence-electron chi connectivity index (χ3n) is 5.34. The molecule has 29 heavy (non-hydrogen) atoms. The van der Waals surface area contributed by atoms with Crippen LogP contribution in [-0.4, -0.2) is 39.6 Å². The molecule has 6 nitrogen and oxygen atoms in total. The highest BCUT2D eigenvalue weighted by molar-refractivity contribution is 5.75. The van der Waals surface area contributed by atoms with Crippen LogP contribution in [0.5, 0.6) is 0 Å². The first kappa shape index (κ1) is 20.8. The molecule has 0 unspecified atom stereocenters. The summed E-state index contributed by atoms with van der Waals surface area (Å²) < 4.78 is 13.2. The van der Waals surface area contributed by atoms with Crippen molar-refractivity contribution in [3.05, 3.63) is 65.7 Å². The highest BCUT2D eigenvalue weighted by Crippen LogP contribution is 2.24. The van der Waals surface area contributed by atoms with E-state index >= 15 is 0 Å². The molecular formula is C22H26FN3O3. The quantitative estimate of drug-likeness (QED) is 0.745. The molecule has 1 aromatic carbocycles. The van der Waals surface area contributed by atoms with E-state index in [1.165, 1.54) is 12.1 Å². The van der Waals surface area contributed by atoms with Crippen molar-refractivity contribution < 1.29 is 19.1 Å². The first-order chi connectivity index (χ1) is 14.0. The Labute approximate surface area is 169 Å². The molecule has 0 aliphatic heterocycles. The minimum atomic E-state index is -0.761. The number of nitrogens with zero attached hydrogens (tertiary/aromatic N) is 2. The molecule has 0 bridgehead atoms. The van der Waals surface area contributed by atoms with E-state index in [0.29, 0.717) is 45.2 Å². The number of rotatable bonds is 7. The summed E-state index contributed by atoms with van der Waals surface area (Å²) in [6.07, 6.45) is 4.81. The van der Waals surface area contributed by atoms with Gasteiger partial charge in [-0.05, 0) is 55.5 Å². The molecule has 1 aliphatic carbocycles. The molecule has 1 aromatic heterocycles. The Hall–Kier alpha value is -2.96. The Balaban J connectivity index is 1.62. The van der Waals surface area contributed by atoms with Crippen LogP contribution in [0.1, 0.15) is 36.9 Å². The molecule has 2 N–H and O–H groups in total. The minimum absolute atomic E-state index is 0.0244. The largest absolute Gasteiger partial charge is 0.481 e. The van der Waals surface area contributed by atoms with Crippen molar-refractivity contribution in [2.75, 3.05) is 6.54 Å². The predicted molar refractivity (Wildman–Crippen MR) is 107 cm³/mol. The van der Waals surface area contributed by atoms with Gasteiger partial charge in [-0.25, -0.2) is 9.18 Å². The number of carboxylic acid groups (broad SMARTS) is 1. The molecule has 0 atom stereocenters. The average Bonchev–Trinajstić information content (AvgIpc) is 2.73. The maximum Gasteiger partial charge on any atom is 0.317 e. The van der Waals surface area contributed by atoms with E-state index in [0.717, 1.165) is 11.3 Å². The number of aromatic nitrogens is 1. The fourth-order valence-corrected chi connectivity index (χ4v) is 3.61. The van der Waals surface area contributed by atoms with E-state index in [-0.39, 0.29) is 23.8 Å². The summed E-state index contributed by atoms with van der Waals surface area (Å²) in [4.78, 5) is 30.0. The molecule has 2 aromatic rings. The molecule has 1 saturated carbocycles. The van der Waals surface area contributed by atoms with Gasteiger partial charge in [0.25, 0.3) is 0 Å². The van der Waals surface area contributed by atoms with Crippen molar-refractivity contribution in [2.45, 2.75) is 44.7 Å². The van der Waals surface area contributed by atoms with Gasteiger partial charge in [0.05, 0.1) is 5.92 Å². The van der Waals surface area contributed by atoms with Gasteiger partial charge in [-0.15, -0.1) is 0 Å². The van der Waals surface area contributed by atoms with E-state index in [2.05, 4.69) is 10.3 Å². The summed E-state index contributed by atoms with van der Waals surface area (Å²) in [6, 6.07) is 11.6. The zero-order valence-electron chi connectivity index (χ0n) is 16.3. The Morgan fingerprint density at radius 2 is 1.83 bits per heavy atom. The normalized spacial score (nSPS) is 18.8. The van der Waals surface area contributed by atoms with Crippen LogP contribution in [0.25, 0.3) is 0 Å². The summed E-state index contributed by atoms with van der Waals surface area (Å²) >= 11 is 0. The molecule has 7 heteroatoms. The van der Waals surface area contributed by atoms with E-state index in [1.54, 1.807) is 23.2 Å². The molecule has 0 saturated heterocycles. The predicted octanol–water partition coefficient (Wildman–Crippen LogP) is 3.62. The van der Waals surface area contributed by atoms with E-state index in [9.17, 15) is 14.0 Å². The number of halogens is 1. The van der Waals surface area contributed by atoms with Gasteiger partial charge in [-0.3, -0.25) is 9.78 Å². The third-order valence-corrected chi connectivity index (χ3v) is 5.34. The third kappa shape index (κ3) is 6.27. The number of pyridine rings is 1. The van der Waals surface area contributed by atoms with Gasteiger partial charge in [0.2, 0.25) is 0 Å². The molecule has 0 spiro atoms. The Bertz CT molecular complexity index is 806. The SMILES string of the molecule is O=C(O)C1CCC(NC(=O)N(CCc2ccccn2)Cc2ccc(F)cc2)CC1. The zero-order chi connectivity index (χ0) is 20.6. The lowest BCUT2D eigenvalue weighted by Crippen LogP contribution is -2.46. The maximum atomic E-state index is 13.2. The molecule has 1 heterocycles. The van der Waals surface area contributed by atoms with E-state index in [4.69, 9.17) is 5.11 Å². The standard InChI is InChI=1S/C22H26FN3O3/c23-18-8-4-16(5-9-18)15-26(14-12-19-3-1-2-13-24-19)22(29)25-20-10-6-17(7-11-20)21(27)28/h1-5,8-9,13,17,20H,6-7,10-12,14-15H2,(H,25,29)(H,27,28). The van der Waals surface area contributed by atoms with Crippen molar-refractivity contribution in [3.63, 3.8) is 0 Å². The number of carbonyl (C=O) groups is 2. The van der Waals surface area contributed by atoms with Crippen LogP contribution >= 0.6 is 0 Å². The lowest BCUT2D eigenvalue weighted by molar-refractivity contribution is -0.142. The molecule has 3 rings (SSSR count). The summed E-state index contributed by atoms with van der Waals surface area (Å²) in [6.45, 7) is 0.841. The van der Waals surface area contributed by atoms with E-state index < -0.39 is 5.97 Å². The zero-order valence-corrected chi connectivity index (χ0v) is 16.3. The summed E-state index contributed by atoms with van der Waals surface area (Å²) in [5.74, 6) is -1.39. The Kier molecular flexibility index (Phi) is 7.16. The molecule has 1 fully saturated rings. The summed E-state index contributed by atoms with van der Waals surface area (Å²) in [7, 11) is 0. The molecule has 154 valence electrons. The number of benzene rings is 1. The monoisotopic (exact) mass is 399 g/mol. The average molecular weight is 399 g/mol. The number of carbonyl (C=O) groups excluding carboxylic acids is 1. The fourth-order valence-electron chi connectivity index (χ4n) is 3.61. The van der Waals surface area contributed by atoms with Gasteiger partial charge >= 0.3 is 12.0 Å². The van der Waals surface area contributed by atoms with Crippen molar-refractivity contribution in [3.8, 4) is 0 Å². The first-order valence-electron chi connectivity index (χ1n) is 9.94. The second-order valence-corrected chi connectivity index (χ2v) is 7.46. The topological polar surface area (TPSA) is 82.5 Å².